The Hall–Kier alpha value is -1.57. The van der Waals surface area contributed by atoms with Gasteiger partial charge in [0.1, 0.15) is 5.82 Å². The monoisotopic (exact) mass is 200 g/mol. The van der Waals surface area contributed by atoms with Gasteiger partial charge in [0.05, 0.1) is 0 Å². The highest BCUT2D eigenvalue weighted by molar-refractivity contribution is 5.56. The second-order valence-electron chi connectivity index (χ2n) is 4.19. The van der Waals surface area contributed by atoms with E-state index in [9.17, 15) is 0 Å². The summed E-state index contributed by atoms with van der Waals surface area (Å²) in [6.07, 6.45) is 1.86. The summed E-state index contributed by atoms with van der Waals surface area (Å²) < 4.78 is 0. The Morgan fingerprint density at radius 3 is 2.67 bits per heavy atom. The van der Waals surface area contributed by atoms with Gasteiger partial charge in [0, 0.05) is 17.5 Å². The molecule has 0 spiro atoms. The van der Waals surface area contributed by atoms with Gasteiger partial charge in [0.2, 0.25) is 0 Å². The van der Waals surface area contributed by atoms with E-state index in [1.807, 2.05) is 13.1 Å². The maximum Gasteiger partial charge on any atom is 0.137 e. The summed E-state index contributed by atoms with van der Waals surface area (Å²) in [6.45, 7) is 6.42. The first-order valence-electron chi connectivity index (χ1n) is 5.29. The van der Waals surface area contributed by atoms with Gasteiger partial charge >= 0.3 is 0 Å². The van der Waals surface area contributed by atoms with E-state index >= 15 is 0 Å². The van der Waals surface area contributed by atoms with Crippen LogP contribution in [0.3, 0.4) is 0 Å². The van der Waals surface area contributed by atoms with Crippen LogP contribution >= 0.6 is 0 Å². The Labute approximate surface area is 90.4 Å². The van der Waals surface area contributed by atoms with Crippen molar-refractivity contribution in [3.05, 3.63) is 41.7 Å². The van der Waals surface area contributed by atoms with Crippen molar-refractivity contribution in [3.63, 3.8) is 0 Å². The summed E-state index contributed by atoms with van der Waals surface area (Å²) in [5.41, 5.74) is 3.61. The molecule has 0 aliphatic rings. The van der Waals surface area contributed by atoms with Crippen molar-refractivity contribution >= 4 is 0 Å². The van der Waals surface area contributed by atoms with E-state index < -0.39 is 0 Å². The van der Waals surface area contributed by atoms with Crippen LogP contribution in [0.2, 0.25) is 0 Å². The number of aromatic amines is 1. The van der Waals surface area contributed by atoms with Crippen LogP contribution in [0.1, 0.15) is 31.0 Å². The second kappa shape index (κ2) is 3.89. The molecule has 0 amide bonds. The molecule has 1 aromatic carbocycles. The lowest BCUT2D eigenvalue weighted by Crippen LogP contribution is -1.88. The quantitative estimate of drug-likeness (QED) is 0.789. The highest BCUT2D eigenvalue weighted by Gasteiger charge is 2.04. The van der Waals surface area contributed by atoms with Crippen molar-refractivity contribution in [2.24, 2.45) is 0 Å². The Kier molecular flexibility index (Phi) is 2.58. The van der Waals surface area contributed by atoms with Crippen LogP contribution in [0.25, 0.3) is 11.4 Å². The minimum Gasteiger partial charge on any atom is -0.342 e. The maximum absolute atomic E-state index is 4.33. The summed E-state index contributed by atoms with van der Waals surface area (Å²) in [4.78, 5) is 7.58. The van der Waals surface area contributed by atoms with Crippen molar-refractivity contribution in [2.75, 3.05) is 0 Å². The Balaban J connectivity index is 2.41. The molecule has 0 atom stereocenters. The summed E-state index contributed by atoms with van der Waals surface area (Å²) in [7, 11) is 0. The normalized spacial score (nSPS) is 10.9. The highest BCUT2D eigenvalue weighted by Crippen LogP contribution is 2.21. The third-order valence-electron chi connectivity index (χ3n) is 2.53. The molecule has 2 rings (SSSR count). The standard InChI is InChI=1S/C13H16N2/c1-9(2)11-5-4-6-12(7-11)13-14-8-10(3)15-13/h4-9H,1-3H3,(H,14,15). The average Bonchev–Trinajstić information content (AvgIpc) is 2.65. The van der Waals surface area contributed by atoms with E-state index in [0.29, 0.717) is 5.92 Å². The maximum atomic E-state index is 4.33. The molecule has 0 radical (unpaired) electrons. The van der Waals surface area contributed by atoms with Crippen LogP contribution in [0.4, 0.5) is 0 Å². The van der Waals surface area contributed by atoms with E-state index in [2.05, 4.69) is 48.1 Å². The molecule has 1 aromatic heterocycles. The number of rotatable bonds is 2. The summed E-state index contributed by atoms with van der Waals surface area (Å²) in [6, 6.07) is 8.53. The summed E-state index contributed by atoms with van der Waals surface area (Å²) in [5.74, 6) is 1.51. The Bertz CT molecular complexity index is 455. The number of hydrogen-bond donors (Lipinski definition) is 1. The number of H-pyrrole nitrogens is 1. The number of aryl methyl sites for hydroxylation is 1. The third kappa shape index (κ3) is 2.09. The van der Waals surface area contributed by atoms with Gasteiger partial charge in [-0.25, -0.2) is 4.98 Å². The lowest BCUT2D eigenvalue weighted by Gasteiger charge is -2.06. The lowest BCUT2D eigenvalue weighted by atomic mass is 10.0. The zero-order valence-electron chi connectivity index (χ0n) is 9.41. The van der Waals surface area contributed by atoms with Crippen molar-refractivity contribution < 1.29 is 0 Å². The molecule has 0 aliphatic carbocycles. The number of benzene rings is 1. The van der Waals surface area contributed by atoms with Crippen LogP contribution in [0.5, 0.6) is 0 Å². The predicted octanol–water partition coefficient (Wildman–Crippen LogP) is 3.51. The fourth-order valence-electron chi connectivity index (χ4n) is 1.60. The summed E-state index contributed by atoms with van der Waals surface area (Å²) in [5, 5.41) is 0. The number of nitrogens with zero attached hydrogens (tertiary/aromatic N) is 1. The molecule has 1 heterocycles. The number of imidazole rings is 1. The average molecular weight is 200 g/mol. The van der Waals surface area contributed by atoms with Gasteiger partial charge in [-0.15, -0.1) is 0 Å². The molecule has 0 aliphatic heterocycles. The molecule has 0 saturated carbocycles. The van der Waals surface area contributed by atoms with E-state index in [-0.39, 0.29) is 0 Å². The number of nitrogens with one attached hydrogen (secondary N) is 1. The molecule has 78 valence electrons. The second-order valence-corrected chi connectivity index (χ2v) is 4.19. The van der Waals surface area contributed by atoms with Crippen LogP contribution < -0.4 is 0 Å². The first-order chi connectivity index (χ1) is 7.16. The van der Waals surface area contributed by atoms with Crippen LogP contribution in [0, 0.1) is 6.92 Å². The third-order valence-corrected chi connectivity index (χ3v) is 2.53. The van der Waals surface area contributed by atoms with E-state index in [1.54, 1.807) is 0 Å². The Morgan fingerprint density at radius 2 is 2.07 bits per heavy atom. The van der Waals surface area contributed by atoms with Gasteiger partial charge in [-0.3, -0.25) is 0 Å². The molecule has 15 heavy (non-hydrogen) atoms. The molecule has 0 bridgehead atoms. The molecule has 1 N–H and O–H groups in total. The van der Waals surface area contributed by atoms with Gasteiger partial charge in [-0.1, -0.05) is 32.0 Å². The van der Waals surface area contributed by atoms with Gasteiger partial charge in [-0.05, 0) is 24.5 Å². The highest BCUT2D eigenvalue weighted by atomic mass is 14.9. The molecule has 0 fully saturated rings. The minimum absolute atomic E-state index is 0.556. The molecular formula is C13H16N2. The SMILES string of the molecule is Cc1cnc(-c2cccc(C(C)C)c2)[nH]1. The fraction of sp³-hybridized carbons (Fsp3) is 0.308. The molecule has 2 nitrogen and oxygen atoms in total. The minimum atomic E-state index is 0.556. The molecule has 2 aromatic rings. The fourth-order valence-corrected chi connectivity index (χ4v) is 1.60. The zero-order chi connectivity index (χ0) is 10.8. The molecule has 0 saturated heterocycles. The largest absolute Gasteiger partial charge is 0.342 e. The van der Waals surface area contributed by atoms with Gasteiger partial charge in [0.25, 0.3) is 0 Å². The van der Waals surface area contributed by atoms with Crippen LogP contribution in [-0.2, 0) is 0 Å². The van der Waals surface area contributed by atoms with E-state index in [1.165, 1.54) is 5.56 Å². The first-order valence-corrected chi connectivity index (χ1v) is 5.29. The number of hydrogen-bond acceptors (Lipinski definition) is 1. The van der Waals surface area contributed by atoms with Gasteiger partial charge in [0.15, 0.2) is 0 Å². The molecule has 2 heteroatoms. The van der Waals surface area contributed by atoms with Crippen LogP contribution in [0.15, 0.2) is 30.5 Å². The van der Waals surface area contributed by atoms with Crippen LogP contribution in [-0.4, -0.2) is 9.97 Å². The van der Waals surface area contributed by atoms with Gasteiger partial charge < -0.3 is 4.98 Å². The summed E-state index contributed by atoms with van der Waals surface area (Å²) >= 11 is 0. The lowest BCUT2D eigenvalue weighted by molar-refractivity contribution is 0.867. The first kappa shape index (κ1) is 9.97. The zero-order valence-corrected chi connectivity index (χ0v) is 9.41. The predicted molar refractivity (Wildman–Crippen MR) is 62.8 cm³/mol. The molecular weight excluding hydrogens is 184 g/mol. The van der Waals surface area contributed by atoms with Gasteiger partial charge in [-0.2, -0.15) is 0 Å². The number of aromatic nitrogens is 2. The Morgan fingerprint density at radius 1 is 1.27 bits per heavy atom. The van der Waals surface area contributed by atoms with Crippen molar-refractivity contribution in [3.8, 4) is 11.4 Å². The van der Waals surface area contributed by atoms with Crippen molar-refractivity contribution in [2.45, 2.75) is 26.7 Å². The molecule has 0 unspecified atom stereocenters. The van der Waals surface area contributed by atoms with E-state index in [0.717, 1.165) is 17.1 Å². The van der Waals surface area contributed by atoms with E-state index in [4.69, 9.17) is 0 Å². The van der Waals surface area contributed by atoms with Crippen molar-refractivity contribution in [1.82, 2.24) is 9.97 Å². The van der Waals surface area contributed by atoms with Crippen molar-refractivity contribution in [1.29, 1.82) is 0 Å². The smallest absolute Gasteiger partial charge is 0.137 e. The topological polar surface area (TPSA) is 28.7 Å².